The molecule has 0 bridgehead atoms. The third-order valence-corrected chi connectivity index (χ3v) is 4.48. The first-order valence-electron chi connectivity index (χ1n) is 7.30. The lowest BCUT2D eigenvalue weighted by molar-refractivity contribution is -0.0219. The van der Waals surface area contributed by atoms with Gasteiger partial charge >= 0.3 is 0 Å². The van der Waals surface area contributed by atoms with E-state index in [0.29, 0.717) is 11.0 Å². The molecule has 2 atom stereocenters. The van der Waals surface area contributed by atoms with Gasteiger partial charge in [0, 0.05) is 18.1 Å². The van der Waals surface area contributed by atoms with Gasteiger partial charge in [0.15, 0.2) is 0 Å². The van der Waals surface area contributed by atoms with Crippen molar-refractivity contribution in [1.82, 2.24) is 4.90 Å². The van der Waals surface area contributed by atoms with Crippen LogP contribution in [0.3, 0.4) is 0 Å². The van der Waals surface area contributed by atoms with Gasteiger partial charge in [0.2, 0.25) is 0 Å². The Hall–Kier alpha value is -0.0400. The SMILES string of the molecule is CC(C)C1CCC(C(C)(C)C)CN1C(C)(C)C. The summed E-state index contributed by atoms with van der Waals surface area (Å²) in [5.41, 5.74) is 0.754. The van der Waals surface area contributed by atoms with E-state index < -0.39 is 0 Å². The minimum absolute atomic E-state index is 0.304. The fraction of sp³-hybridized carbons (Fsp3) is 1.00. The van der Waals surface area contributed by atoms with Crippen molar-refractivity contribution in [2.24, 2.45) is 17.3 Å². The van der Waals surface area contributed by atoms with Crippen molar-refractivity contribution in [3.63, 3.8) is 0 Å². The molecule has 0 amide bonds. The molecule has 102 valence electrons. The molecule has 1 saturated heterocycles. The molecule has 0 aromatic carbocycles. The summed E-state index contributed by atoms with van der Waals surface area (Å²) in [6.45, 7) is 20.3. The first-order chi connectivity index (χ1) is 7.53. The monoisotopic (exact) mass is 239 g/mol. The third-order valence-electron chi connectivity index (χ3n) is 4.48. The number of piperidine rings is 1. The van der Waals surface area contributed by atoms with E-state index in [1.54, 1.807) is 0 Å². The van der Waals surface area contributed by atoms with E-state index in [2.05, 4.69) is 60.3 Å². The number of hydrogen-bond acceptors (Lipinski definition) is 1. The van der Waals surface area contributed by atoms with E-state index in [-0.39, 0.29) is 0 Å². The van der Waals surface area contributed by atoms with Crippen LogP contribution in [0.2, 0.25) is 0 Å². The van der Waals surface area contributed by atoms with E-state index >= 15 is 0 Å². The van der Waals surface area contributed by atoms with E-state index in [9.17, 15) is 0 Å². The summed E-state index contributed by atoms with van der Waals surface area (Å²) >= 11 is 0. The highest BCUT2D eigenvalue weighted by Gasteiger charge is 2.39. The van der Waals surface area contributed by atoms with Gasteiger partial charge in [-0.1, -0.05) is 34.6 Å². The summed E-state index contributed by atoms with van der Waals surface area (Å²) in [5.74, 6) is 1.62. The molecule has 0 aromatic rings. The van der Waals surface area contributed by atoms with Crippen LogP contribution in [0.1, 0.15) is 68.2 Å². The molecule has 1 aliphatic rings. The van der Waals surface area contributed by atoms with Crippen LogP contribution in [0, 0.1) is 17.3 Å². The molecular formula is C16H33N. The van der Waals surface area contributed by atoms with E-state index in [4.69, 9.17) is 0 Å². The van der Waals surface area contributed by atoms with Crippen molar-refractivity contribution in [2.45, 2.75) is 79.8 Å². The summed E-state index contributed by atoms with van der Waals surface area (Å²) in [6, 6.07) is 0.772. The zero-order chi connectivity index (χ0) is 13.4. The second kappa shape index (κ2) is 4.91. The Labute approximate surface area is 109 Å². The van der Waals surface area contributed by atoms with Gasteiger partial charge in [-0.25, -0.2) is 0 Å². The molecule has 1 heterocycles. The molecule has 0 spiro atoms. The van der Waals surface area contributed by atoms with Crippen LogP contribution < -0.4 is 0 Å². The molecule has 0 saturated carbocycles. The maximum atomic E-state index is 2.76. The van der Waals surface area contributed by atoms with Crippen molar-refractivity contribution < 1.29 is 0 Å². The molecule has 2 unspecified atom stereocenters. The molecule has 0 aliphatic carbocycles. The second-order valence-electron chi connectivity index (χ2n) is 8.27. The molecule has 0 radical (unpaired) electrons. The summed E-state index contributed by atoms with van der Waals surface area (Å²) in [7, 11) is 0. The Morgan fingerprint density at radius 2 is 1.47 bits per heavy atom. The minimum atomic E-state index is 0.304. The van der Waals surface area contributed by atoms with Crippen molar-refractivity contribution in [3.8, 4) is 0 Å². The molecule has 17 heavy (non-hydrogen) atoms. The fourth-order valence-corrected chi connectivity index (χ4v) is 3.16. The lowest BCUT2D eigenvalue weighted by atomic mass is 9.72. The summed E-state index contributed by atoms with van der Waals surface area (Å²) in [4.78, 5) is 2.76. The molecule has 1 heteroatoms. The van der Waals surface area contributed by atoms with Crippen LogP contribution in [-0.2, 0) is 0 Å². The molecule has 1 aliphatic heterocycles. The first kappa shape index (κ1) is 15.0. The topological polar surface area (TPSA) is 3.24 Å². The van der Waals surface area contributed by atoms with E-state index in [0.717, 1.165) is 17.9 Å². The van der Waals surface area contributed by atoms with Gasteiger partial charge in [-0.15, -0.1) is 0 Å². The largest absolute Gasteiger partial charge is 0.295 e. The molecular weight excluding hydrogens is 206 g/mol. The average Bonchev–Trinajstić information content (AvgIpc) is 2.14. The highest BCUT2D eigenvalue weighted by atomic mass is 15.2. The van der Waals surface area contributed by atoms with Crippen LogP contribution in [0.25, 0.3) is 0 Å². The number of rotatable bonds is 1. The maximum absolute atomic E-state index is 2.76. The highest BCUT2D eigenvalue weighted by molar-refractivity contribution is 4.93. The fourth-order valence-electron chi connectivity index (χ4n) is 3.16. The average molecular weight is 239 g/mol. The highest BCUT2D eigenvalue weighted by Crippen LogP contribution is 2.39. The third kappa shape index (κ3) is 3.71. The van der Waals surface area contributed by atoms with Gasteiger partial charge in [-0.2, -0.15) is 0 Å². The zero-order valence-corrected chi connectivity index (χ0v) is 13.3. The normalized spacial score (nSPS) is 28.8. The quantitative estimate of drug-likeness (QED) is 0.648. The zero-order valence-electron chi connectivity index (χ0n) is 13.3. The number of hydrogen-bond donors (Lipinski definition) is 0. The van der Waals surface area contributed by atoms with Crippen molar-refractivity contribution in [1.29, 1.82) is 0 Å². The maximum Gasteiger partial charge on any atom is 0.0128 e. The van der Waals surface area contributed by atoms with Gasteiger partial charge < -0.3 is 0 Å². The lowest BCUT2D eigenvalue weighted by Crippen LogP contribution is -2.56. The van der Waals surface area contributed by atoms with Crippen molar-refractivity contribution in [2.75, 3.05) is 6.54 Å². The molecule has 1 nitrogen and oxygen atoms in total. The Morgan fingerprint density at radius 1 is 0.941 bits per heavy atom. The smallest absolute Gasteiger partial charge is 0.0128 e. The van der Waals surface area contributed by atoms with E-state index in [1.807, 2.05) is 0 Å². The molecule has 0 N–H and O–H groups in total. The van der Waals surface area contributed by atoms with Gasteiger partial charge in [-0.3, -0.25) is 4.90 Å². The van der Waals surface area contributed by atoms with Crippen LogP contribution in [0.5, 0.6) is 0 Å². The molecule has 1 rings (SSSR count). The summed E-state index contributed by atoms with van der Waals surface area (Å²) in [6.07, 6.45) is 2.77. The van der Waals surface area contributed by atoms with Crippen LogP contribution in [0.15, 0.2) is 0 Å². The molecule has 1 fully saturated rings. The second-order valence-corrected chi connectivity index (χ2v) is 8.27. The Balaban J connectivity index is 2.85. The van der Waals surface area contributed by atoms with Gasteiger partial charge in [0.1, 0.15) is 0 Å². The summed E-state index contributed by atoms with van der Waals surface area (Å²) < 4.78 is 0. The Morgan fingerprint density at radius 3 is 1.82 bits per heavy atom. The standard InChI is InChI=1S/C16H33N/c1-12(2)14-10-9-13(15(3,4)5)11-17(14)16(6,7)8/h12-14H,9-11H2,1-8H3. The predicted octanol–water partition coefficient (Wildman–Crippen LogP) is 4.57. The van der Waals surface area contributed by atoms with Crippen LogP contribution >= 0.6 is 0 Å². The van der Waals surface area contributed by atoms with Gasteiger partial charge in [-0.05, 0) is 50.9 Å². The predicted molar refractivity (Wildman–Crippen MR) is 77.3 cm³/mol. The molecule has 0 aromatic heterocycles. The van der Waals surface area contributed by atoms with Crippen LogP contribution in [0.4, 0.5) is 0 Å². The summed E-state index contributed by atoms with van der Waals surface area (Å²) in [5, 5.41) is 0. The Kier molecular flexibility index (Phi) is 4.34. The van der Waals surface area contributed by atoms with E-state index in [1.165, 1.54) is 19.4 Å². The Bertz CT molecular complexity index is 241. The number of nitrogens with zero attached hydrogens (tertiary/aromatic N) is 1. The first-order valence-corrected chi connectivity index (χ1v) is 7.30. The van der Waals surface area contributed by atoms with Gasteiger partial charge in [0.25, 0.3) is 0 Å². The van der Waals surface area contributed by atoms with Crippen LogP contribution in [-0.4, -0.2) is 23.0 Å². The number of likely N-dealkylation sites (tertiary alicyclic amines) is 1. The van der Waals surface area contributed by atoms with Gasteiger partial charge in [0.05, 0.1) is 0 Å². The minimum Gasteiger partial charge on any atom is -0.295 e. The van der Waals surface area contributed by atoms with Crippen molar-refractivity contribution >= 4 is 0 Å². The van der Waals surface area contributed by atoms with Crippen molar-refractivity contribution in [3.05, 3.63) is 0 Å². The lowest BCUT2D eigenvalue weighted by Gasteiger charge is -2.51.